The highest BCUT2D eigenvalue weighted by atomic mass is 35.5. The number of carbonyl (C=O) groups excluding carboxylic acids is 1. The van der Waals surface area contributed by atoms with Crippen molar-refractivity contribution in [3.63, 3.8) is 0 Å². The van der Waals surface area contributed by atoms with Gasteiger partial charge in [0.1, 0.15) is 23.2 Å². The molecule has 9 heteroatoms. The molecule has 1 amide bonds. The third kappa shape index (κ3) is 3.45. The lowest BCUT2D eigenvalue weighted by atomic mass is 9.89. The number of carboxylic acids is 1. The number of carbonyl (C=O) groups is 2. The summed E-state index contributed by atoms with van der Waals surface area (Å²) < 4.78 is 20.1. The van der Waals surface area contributed by atoms with E-state index in [1.165, 1.54) is 22.3 Å². The standard InChI is InChI=1S/C23H16Cl2FNO4S/c24-16-6-5-13-20(19(16)25)31-10-11-7-18(32-21(11)13)22(28)27-8-14(15(9-27)23(29)30)12-3-1-2-4-17(12)26/h1-7,14-15H,8-10H2,(H,29,30). The highest BCUT2D eigenvalue weighted by Gasteiger charge is 2.42. The van der Waals surface area contributed by atoms with Crippen LogP contribution in [0.25, 0.3) is 10.4 Å². The Bertz CT molecular complexity index is 1260. The molecule has 0 radical (unpaired) electrons. The second kappa shape index (κ2) is 8.06. The summed E-state index contributed by atoms with van der Waals surface area (Å²) in [5.41, 5.74) is 1.93. The first-order valence-electron chi connectivity index (χ1n) is 9.85. The molecule has 5 nitrogen and oxygen atoms in total. The van der Waals surface area contributed by atoms with Gasteiger partial charge in [0.05, 0.1) is 15.8 Å². The zero-order valence-corrected chi connectivity index (χ0v) is 18.8. The molecule has 0 aliphatic carbocycles. The van der Waals surface area contributed by atoms with Crippen LogP contribution in [0.1, 0.15) is 26.7 Å². The third-order valence-corrected chi connectivity index (χ3v) is 7.90. The summed E-state index contributed by atoms with van der Waals surface area (Å²) in [6.45, 7) is 0.403. The number of rotatable bonds is 3. The Hall–Kier alpha value is -2.61. The molecule has 2 atom stereocenters. The quantitative estimate of drug-likeness (QED) is 0.510. The van der Waals surface area contributed by atoms with Crippen LogP contribution in [0.15, 0.2) is 42.5 Å². The van der Waals surface area contributed by atoms with Gasteiger partial charge in [-0.1, -0.05) is 41.4 Å². The van der Waals surface area contributed by atoms with Crippen molar-refractivity contribution in [1.29, 1.82) is 0 Å². The van der Waals surface area contributed by atoms with E-state index >= 15 is 0 Å². The van der Waals surface area contributed by atoms with E-state index in [0.717, 1.165) is 16.0 Å². The SMILES string of the molecule is O=C(O)C1CN(C(=O)c2cc3c(s2)-c2ccc(Cl)c(Cl)c2OC3)CC1c1ccccc1F. The molecule has 164 valence electrons. The van der Waals surface area contributed by atoms with Gasteiger partial charge in [-0.15, -0.1) is 11.3 Å². The number of hydrogen-bond donors (Lipinski definition) is 1. The van der Waals surface area contributed by atoms with Gasteiger partial charge < -0.3 is 14.7 Å². The molecule has 2 aliphatic heterocycles. The van der Waals surface area contributed by atoms with Crippen LogP contribution in [-0.2, 0) is 11.4 Å². The summed E-state index contributed by atoms with van der Waals surface area (Å²) in [5.74, 6) is -2.80. The summed E-state index contributed by atoms with van der Waals surface area (Å²) in [5, 5.41) is 10.4. The topological polar surface area (TPSA) is 66.8 Å². The minimum absolute atomic E-state index is 0.0181. The Morgan fingerprint density at radius 2 is 1.94 bits per heavy atom. The van der Waals surface area contributed by atoms with E-state index in [9.17, 15) is 19.1 Å². The Morgan fingerprint density at radius 1 is 1.16 bits per heavy atom. The van der Waals surface area contributed by atoms with Crippen molar-refractivity contribution >= 4 is 46.4 Å². The van der Waals surface area contributed by atoms with E-state index in [1.807, 2.05) is 0 Å². The Balaban J connectivity index is 1.46. The first kappa shape index (κ1) is 21.2. The monoisotopic (exact) mass is 491 g/mol. The molecule has 0 saturated carbocycles. The molecule has 1 fully saturated rings. The second-order valence-electron chi connectivity index (χ2n) is 7.77. The number of likely N-dealkylation sites (tertiary alicyclic amines) is 1. The maximum Gasteiger partial charge on any atom is 0.308 e. The van der Waals surface area contributed by atoms with Crippen molar-refractivity contribution in [2.24, 2.45) is 5.92 Å². The van der Waals surface area contributed by atoms with Crippen LogP contribution in [0.5, 0.6) is 5.75 Å². The maximum atomic E-state index is 14.4. The third-order valence-electron chi connectivity index (χ3n) is 5.92. The van der Waals surface area contributed by atoms with Crippen LogP contribution >= 0.6 is 34.5 Å². The first-order chi connectivity index (χ1) is 15.3. The van der Waals surface area contributed by atoms with Gasteiger partial charge in [-0.2, -0.15) is 0 Å². The van der Waals surface area contributed by atoms with Gasteiger partial charge in [0.15, 0.2) is 0 Å². The van der Waals surface area contributed by atoms with Crippen molar-refractivity contribution in [1.82, 2.24) is 4.90 Å². The van der Waals surface area contributed by atoms with Crippen molar-refractivity contribution in [2.75, 3.05) is 13.1 Å². The van der Waals surface area contributed by atoms with E-state index in [-0.39, 0.29) is 25.6 Å². The molecule has 5 rings (SSSR count). The largest absolute Gasteiger partial charge is 0.487 e. The summed E-state index contributed by atoms with van der Waals surface area (Å²) in [7, 11) is 0. The van der Waals surface area contributed by atoms with Gasteiger partial charge >= 0.3 is 5.97 Å². The van der Waals surface area contributed by atoms with Gasteiger partial charge in [-0.25, -0.2) is 4.39 Å². The van der Waals surface area contributed by atoms with Gasteiger partial charge in [0.2, 0.25) is 0 Å². The molecule has 0 bridgehead atoms. The van der Waals surface area contributed by atoms with Gasteiger partial charge in [0.25, 0.3) is 5.91 Å². The molecule has 0 spiro atoms. The second-order valence-corrected chi connectivity index (χ2v) is 9.61. The molecule has 1 N–H and O–H groups in total. The van der Waals surface area contributed by atoms with Gasteiger partial charge in [0, 0.05) is 35.0 Å². The van der Waals surface area contributed by atoms with Gasteiger partial charge in [-0.05, 0) is 29.8 Å². The number of hydrogen-bond acceptors (Lipinski definition) is 4. The van der Waals surface area contributed by atoms with E-state index in [1.54, 1.807) is 36.4 Å². The molecule has 1 saturated heterocycles. The first-order valence-corrected chi connectivity index (χ1v) is 11.4. The fourth-order valence-corrected chi connectivity index (χ4v) is 5.86. The Morgan fingerprint density at radius 3 is 2.69 bits per heavy atom. The average molecular weight is 492 g/mol. The molecular weight excluding hydrogens is 476 g/mol. The number of benzene rings is 2. The zero-order chi connectivity index (χ0) is 22.6. The predicted molar refractivity (Wildman–Crippen MR) is 120 cm³/mol. The number of ether oxygens (including phenoxy) is 1. The number of nitrogens with zero attached hydrogens (tertiary/aromatic N) is 1. The summed E-state index contributed by atoms with van der Waals surface area (Å²) >= 11 is 13.7. The van der Waals surface area contributed by atoms with E-state index in [0.29, 0.717) is 26.2 Å². The minimum atomic E-state index is -1.05. The highest BCUT2D eigenvalue weighted by Crippen LogP contribution is 2.48. The van der Waals surface area contributed by atoms with Crippen LogP contribution in [0.4, 0.5) is 4.39 Å². The zero-order valence-electron chi connectivity index (χ0n) is 16.5. The van der Waals surface area contributed by atoms with Crippen molar-refractivity contribution in [2.45, 2.75) is 12.5 Å². The molecule has 32 heavy (non-hydrogen) atoms. The van der Waals surface area contributed by atoms with Crippen molar-refractivity contribution in [3.05, 3.63) is 74.3 Å². The molecular formula is C23H16Cl2FNO4S. The smallest absolute Gasteiger partial charge is 0.308 e. The molecule has 2 unspecified atom stereocenters. The highest BCUT2D eigenvalue weighted by molar-refractivity contribution is 7.17. The molecule has 3 heterocycles. The molecule has 2 aliphatic rings. The number of fused-ring (bicyclic) bond motifs is 3. The lowest BCUT2D eigenvalue weighted by molar-refractivity contribution is -0.141. The molecule has 2 aromatic carbocycles. The van der Waals surface area contributed by atoms with Crippen molar-refractivity contribution < 1.29 is 23.8 Å². The summed E-state index contributed by atoms with van der Waals surface area (Å²) in [4.78, 5) is 28.0. The summed E-state index contributed by atoms with van der Waals surface area (Å²) in [6.07, 6.45) is 0. The number of carboxylic acid groups (broad SMARTS) is 1. The lowest BCUT2D eigenvalue weighted by Crippen LogP contribution is -2.29. The summed E-state index contributed by atoms with van der Waals surface area (Å²) in [6, 6.07) is 11.4. The van der Waals surface area contributed by atoms with E-state index < -0.39 is 23.6 Å². The number of aliphatic carboxylic acids is 1. The molecule has 1 aromatic heterocycles. The Kier molecular flexibility index (Phi) is 5.35. The number of amides is 1. The van der Waals surface area contributed by atoms with Crippen LogP contribution in [0.2, 0.25) is 10.0 Å². The average Bonchev–Trinajstić information content (AvgIpc) is 3.41. The van der Waals surface area contributed by atoms with Crippen LogP contribution in [-0.4, -0.2) is 35.0 Å². The normalized spacial score (nSPS) is 19.3. The number of thiophene rings is 1. The number of halogens is 3. The molecule has 3 aromatic rings. The van der Waals surface area contributed by atoms with Crippen molar-refractivity contribution in [3.8, 4) is 16.2 Å². The van der Waals surface area contributed by atoms with E-state index in [2.05, 4.69) is 0 Å². The van der Waals surface area contributed by atoms with Crippen LogP contribution < -0.4 is 4.74 Å². The fraction of sp³-hybridized carbons (Fsp3) is 0.217. The predicted octanol–water partition coefficient (Wildman–Crippen LogP) is 5.69. The Labute approximate surface area is 196 Å². The van der Waals surface area contributed by atoms with Crippen LogP contribution in [0, 0.1) is 11.7 Å². The lowest BCUT2D eigenvalue weighted by Gasteiger charge is -2.19. The minimum Gasteiger partial charge on any atom is -0.487 e. The maximum absolute atomic E-state index is 14.4. The van der Waals surface area contributed by atoms with Gasteiger partial charge in [-0.3, -0.25) is 9.59 Å². The fourth-order valence-electron chi connectivity index (χ4n) is 4.34. The van der Waals surface area contributed by atoms with E-state index in [4.69, 9.17) is 27.9 Å². The van der Waals surface area contributed by atoms with Crippen LogP contribution in [0.3, 0.4) is 0 Å².